The number of carbonyl (C=O) groups is 1. The molecule has 0 aliphatic heterocycles. The third kappa shape index (κ3) is 3.14. The van der Waals surface area contributed by atoms with Crippen LogP contribution in [-0.2, 0) is 0 Å². The standard InChI is InChI=1S/C20H15N3O2S/c1-12-6-8-13(9-7-12)17-11-26-20(22-17)23-19(25)15-10-18(24)21-16-5-3-2-4-14(15)16/h2-11H,1H3,(H,21,24)(H,22,23,25). The average Bonchev–Trinajstić information content (AvgIpc) is 3.10. The Bertz CT molecular complexity index is 1160. The fraction of sp³-hybridized carbons (Fsp3) is 0.0500. The maximum absolute atomic E-state index is 12.7. The van der Waals surface area contributed by atoms with E-state index >= 15 is 0 Å². The van der Waals surface area contributed by atoms with Crippen molar-refractivity contribution in [3.05, 3.63) is 81.5 Å². The van der Waals surface area contributed by atoms with Crippen LogP contribution in [0.3, 0.4) is 0 Å². The number of aromatic nitrogens is 2. The first-order valence-corrected chi connectivity index (χ1v) is 8.94. The molecule has 5 nitrogen and oxygen atoms in total. The third-order valence-corrected chi connectivity index (χ3v) is 4.82. The SMILES string of the molecule is Cc1ccc(-c2csc(NC(=O)c3cc(=O)[nH]c4ccccc34)n2)cc1. The maximum atomic E-state index is 12.7. The molecule has 0 aliphatic carbocycles. The molecular weight excluding hydrogens is 346 g/mol. The van der Waals surface area contributed by atoms with Gasteiger partial charge in [0.05, 0.1) is 11.3 Å². The zero-order chi connectivity index (χ0) is 18.1. The molecule has 0 bridgehead atoms. The molecule has 1 amide bonds. The van der Waals surface area contributed by atoms with Crippen LogP contribution in [0.1, 0.15) is 15.9 Å². The number of fused-ring (bicyclic) bond motifs is 1. The number of aryl methyl sites for hydroxylation is 1. The van der Waals surface area contributed by atoms with Crippen molar-refractivity contribution in [3.8, 4) is 11.3 Å². The number of benzene rings is 2. The Balaban J connectivity index is 1.63. The van der Waals surface area contributed by atoms with Crippen molar-refractivity contribution in [1.29, 1.82) is 0 Å². The van der Waals surface area contributed by atoms with Crippen molar-refractivity contribution < 1.29 is 4.79 Å². The van der Waals surface area contributed by atoms with Gasteiger partial charge in [0.25, 0.3) is 5.91 Å². The van der Waals surface area contributed by atoms with Crippen LogP contribution in [0.4, 0.5) is 5.13 Å². The van der Waals surface area contributed by atoms with Crippen molar-refractivity contribution in [2.45, 2.75) is 6.92 Å². The molecule has 4 aromatic rings. The van der Waals surface area contributed by atoms with E-state index in [1.165, 1.54) is 23.0 Å². The van der Waals surface area contributed by atoms with Crippen LogP contribution in [0.2, 0.25) is 0 Å². The van der Waals surface area contributed by atoms with E-state index in [1.807, 2.05) is 48.7 Å². The first kappa shape index (κ1) is 16.2. The van der Waals surface area contributed by atoms with Crippen LogP contribution in [0.25, 0.3) is 22.2 Å². The summed E-state index contributed by atoms with van der Waals surface area (Å²) in [5.41, 5.74) is 3.63. The van der Waals surface area contributed by atoms with Gasteiger partial charge < -0.3 is 4.98 Å². The number of aromatic amines is 1. The predicted octanol–water partition coefficient (Wildman–Crippen LogP) is 4.21. The molecule has 6 heteroatoms. The lowest BCUT2D eigenvalue weighted by Gasteiger charge is -2.05. The Kier molecular flexibility index (Phi) is 4.10. The molecule has 0 saturated carbocycles. The average molecular weight is 361 g/mol. The summed E-state index contributed by atoms with van der Waals surface area (Å²) in [7, 11) is 0. The predicted molar refractivity (Wildman–Crippen MR) is 105 cm³/mol. The topological polar surface area (TPSA) is 74.8 Å². The van der Waals surface area contributed by atoms with E-state index in [0.717, 1.165) is 11.3 Å². The van der Waals surface area contributed by atoms with Crippen molar-refractivity contribution in [2.75, 3.05) is 5.32 Å². The van der Waals surface area contributed by atoms with Gasteiger partial charge in [-0.15, -0.1) is 11.3 Å². The number of hydrogen-bond acceptors (Lipinski definition) is 4. The molecule has 2 N–H and O–H groups in total. The highest BCUT2D eigenvalue weighted by Gasteiger charge is 2.14. The fourth-order valence-corrected chi connectivity index (χ4v) is 3.46. The summed E-state index contributed by atoms with van der Waals surface area (Å²) < 4.78 is 0. The number of rotatable bonds is 3. The van der Waals surface area contributed by atoms with Crippen LogP contribution in [0.15, 0.2) is 64.8 Å². The summed E-state index contributed by atoms with van der Waals surface area (Å²) in [4.78, 5) is 31.7. The van der Waals surface area contributed by atoms with Crippen LogP contribution in [0.5, 0.6) is 0 Å². The number of amides is 1. The third-order valence-electron chi connectivity index (χ3n) is 4.07. The zero-order valence-corrected chi connectivity index (χ0v) is 14.8. The van der Waals surface area contributed by atoms with Gasteiger partial charge in [0.15, 0.2) is 5.13 Å². The quantitative estimate of drug-likeness (QED) is 0.574. The maximum Gasteiger partial charge on any atom is 0.258 e. The Morgan fingerprint density at radius 2 is 1.88 bits per heavy atom. The van der Waals surface area contributed by atoms with Gasteiger partial charge in [-0.05, 0) is 13.0 Å². The van der Waals surface area contributed by atoms with Gasteiger partial charge in [0, 0.05) is 27.9 Å². The van der Waals surface area contributed by atoms with Gasteiger partial charge >= 0.3 is 0 Å². The van der Waals surface area contributed by atoms with E-state index in [0.29, 0.717) is 21.6 Å². The summed E-state index contributed by atoms with van der Waals surface area (Å²) in [6.45, 7) is 2.03. The van der Waals surface area contributed by atoms with E-state index in [2.05, 4.69) is 15.3 Å². The number of hydrogen-bond donors (Lipinski definition) is 2. The molecule has 4 rings (SSSR count). The minimum atomic E-state index is -0.350. The normalized spacial score (nSPS) is 10.8. The number of pyridine rings is 1. The van der Waals surface area contributed by atoms with Gasteiger partial charge in [-0.25, -0.2) is 4.98 Å². The second-order valence-corrected chi connectivity index (χ2v) is 6.81. The van der Waals surface area contributed by atoms with Crippen LogP contribution >= 0.6 is 11.3 Å². The number of para-hydroxylation sites is 1. The smallest absolute Gasteiger partial charge is 0.258 e. The zero-order valence-electron chi connectivity index (χ0n) is 13.9. The molecule has 2 heterocycles. The molecule has 0 unspecified atom stereocenters. The molecule has 0 radical (unpaired) electrons. The number of H-pyrrole nitrogens is 1. The van der Waals surface area contributed by atoms with E-state index in [4.69, 9.17) is 0 Å². The molecule has 2 aromatic heterocycles. The molecular formula is C20H15N3O2S. The second-order valence-electron chi connectivity index (χ2n) is 5.95. The van der Waals surface area contributed by atoms with Crippen molar-refractivity contribution >= 4 is 33.3 Å². The monoisotopic (exact) mass is 361 g/mol. The van der Waals surface area contributed by atoms with Crippen LogP contribution in [0, 0.1) is 6.92 Å². The highest BCUT2D eigenvalue weighted by Crippen LogP contribution is 2.26. The van der Waals surface area contributed by atoms with Gasteiger partial charge in [-0.3, -0.25) is 14.9 Å². The Labute approximate surface area is 153 Å². The lowest BCUT2D eigenvalue weighted by molar-refractivity contribution is 0.102. The van der Waals surface area contributed by atoms with Gasteiger partial charge in [-0.1, -0.05) is 48.0 Å². The lowest BCUT2D eigenvalue weighted by atomic mass is 10.1. The number of nitrogens with one attached hydrogen (secondary N) is 2. The highest BCUT2D eigenvalue weighted by molar-refractivity contribution is 7.14. The number of carbonyl (C=O) groups excluding carboxylic acids is 1. The van der Waals surface area contributed by atoms with Crippen molar-refractivity contribution in [1.82, 2.24) is 9.97 Å². The molecule has 0 fully saturated rings. The molecule has 0 atom stereocenters. The Morgan fingerprint density at radius 1 is 1.12 bits per heavy atom. The first-order chi connectivity index (χ1) is 12.6. The van der Waals surface area contributed by atoms with E-state index < -0.39 is 0 Å². The van der Waals surface area contributed by atoms with E-state index in [9.17, 15) is 9.59 Å². The van der Waals surface area contributed by atoms with Gasteiger partial charge in [0.1, 0.15) is 0 Å². The summed E-state index contributed by atoms with van der Waals surface area (Å²) in [6, 6.07) is 16.6. The number of thiazole rings is 1. The molecule has 0 aliphatic rings. The Morgan fingerprint density at radius 3 is 2.69 bits per heavy atom. The minimum absolute atomic E-state index is 0.312. The van der Waals surface area contributed by atoms with Gasteiger partial charge in [-0.2, -0.15) is 0 Å². The largest absolute Gasteiger partial charge is 0.322 e. The molecule has 0 saturated heterocycles. The fourth-order valence-electron chi connectivity index (χ4n) is 2.75. The summed E-state index contributed by atoms with van der Waals surface area (Å²) in [5.74, 6) is -0.350. The van der Waals surface area contributed by atoms with Crippen LogP contribution in [-0.4, -0.2) is 15.9 Å². The van der Waals surface area contributed by atoms with E-state index in [-0.39, 0.29) is 11.5 Å². The van der Waals surface area contributed by atoms with Crippen LogP contribution < -0.4 is 10.9 Å². The van der Waals surface area contributed by atoms with Crippen molar-refractivity contribution in [3.63, 3.8) is 0 Å². The number of anilines is 1. The van der Waals surface area contributed by atoms with Crippen molar-refractivity contribution in [2.24, 2.45) is 0 Å². The first-order valence-electron chi connectivity index (χ1n) is 8.06. The lowest BCUT2D eigenvalue weighted by Crippen LogP contribution is -2.16. The molecule has 2 aromatic carbocycles. The summed E-state index contributed by atoms with van der Waals surface area (Å²) in [6.07, 6.45) is 0. The second kappa shape index (κ2) is 6.57. The highest BCUT2D eigenvalue weighted by atomic mass is 32.1. The summed E-state index contributed by atoms with van der Waals surface area (Å²) in [5, 5.41) is 5.88. The molecule has 128 valence electrons. The van der Waals surface area contributed by atoms with Gasteiger partial charge in [0.2, 0.25) is 5.56 Å². The number of nitrogens with zero attached hydrogens (tertiary/aromatic N) is 1. The Hall–Kier alpha value is -3.25. The van der Waals surface area contributed by atoms with E-state index in [1.54, 1.807) is 12.1 Å². The molecule has 26 heavy (non-hydrogen) atoms. The molecule has 0 spiro atoms. The minimum Gasteiger partial charge on any atom is -0.322 e. The summed E-state index contributed by atoms with van der Waals surface area (Å²) >= 11 is 1.35.